The molecule has 0 radical (unpaired) electrons. The van der Waals surface area contributed by atoms with Crippen LogP contribution in [0.25, 0.3) is 11.1 Å². The van der Waals surface area contributed by atoms with E-state index in [0.29, 0.717) is 11.3 Å². The third kappa shape index (κ3) is 4.70. The minimum atomic E-state index is -3.02. The topological polar surface area (TPSA) is 92.3 Å². The highest BCUT2D eigenvalue weighted by Gasteiger charge is 2.28. The Balaban J connectivity index is 1.49. The van der Waals surface area contributed by atoms with Gasteiger partial charge < -0.3 is 10.6 Å². The predicted molar refractivity (Wildman–Crippen MR) is 102 cm³/mol. The predicted octanol–water partition coefficient (Wildman–Crippen LogP) is 1.84. The van der Waals surface area contributed by atoms with Gasteiger partial charge in [-0.1, -0.05) is 30.3 Å². The smallest absolute Gasteiger partial charge is 0.262 e. The zero-order chi connectivity index (χ0) is 18.6. The van der Waals surface area contributed by atoms with Gasteiger partial charge in [-0.2, -0.15) is 0 Å². The van der Waals surface area contributed by atoms with Gasteiger partial charge in [0.25, 0.3) is 5.91 Å². The summed E-state index contributed by atoms with van der Waals surface area (Å²) in [5.74, 6) is -0.340. The molecule has 1 aliphatic rings. The highest BCUT2D eigenvalue weighted by Crippen LogP contribution is 2.27. The molecule has 1 atom stereocenters. The Morgan fingerprint density at radius 1 is 1.15 bits per heavy atom. The van der Waals surface area contributed by atoms with Crippen LogP contribution in [0.1, 0.15) is 22.5 Å². The molecule has 3 rings (SSSR count). The normalized spacial score (nSPS) is 18.4. The molecule has 2 amide bonds. The molecule has 26 heavy (non-hydrogen) atoms. The molecule has 2 heterocycles. The number of hydrogen-bond donors (Lipinski definition) is 2. The lowest BCUT2D eigenvalue weighted by molar-refractivity contribution is -0.121. The highest BCUT2D eigenvalue weighted by molar-refractivity contribution is 7.91. The summed E-state index contributed by atoms with van der Waals surface area (Å²) in [5.41, 5.74) is 1.84. The van der Waals surface area contributed by atoms with Crippen LogP contribution in [0.3, 0.4) is 0 Å². The van der Waals surface area contributed by atoms with E-state index in [0.717, 1.165) is 11.1 Å². The fraction of sp³-hybridized carbons (Fsp3) is 0.333. The number of amides is 2. The molecular weight excluding hydrogens is 372 g/mol. The van der Waals surface area contributed by atoms with Crippen LogP contribution in [0.2, 0.25) is 0 Å². The van der Waals surface area contributed by atoms with Crippen LogP contribution in [-0.4, -0.2) is 44.3 Å². The van der Waals surface area contributed by atoms with Crippen molar-refractivity contribution in [3.8, 4) is 11.1 Å². The standard InChI is InChI=1S/C18H20N2O4S2/c21-16(20-14-8-11-26(23,24)12-14)6-9-19-18(22)17-15(7-10-25-17)13-4-2-1-3-5-13/h1-5,7,10,14H,6,8-9,11-12H2,(H,19,22)(H,20,21)/t14-/m1/s1. The number of hydrogen-bond acceptors (Lipinski definition) is 5. The van der Waals surface area contributed by atoms with E-state index in [4.69, 9.17) is 0 Å². The van der Waals surface area contributed by atoms with E-state index in [-0.39, 0.29) is 42.3 Å². The van der Waals surface area contributed by atoms with Gasteiger partial charge in [-0.05, 0) is 23.4 Å². The number of sulfone groups is 1. The van der Waals surface area contributed by atoms with Gasteiger partial charge in [0.15, 0.2) is 9.84 Å². The average molecular weight is 393 g/mol. The minimum Gasteiger partial charge on any atom is -0.352 e. The first-order valence-electron chi connectivity index (χ1n) is 8.35. The zero-order valence-electron chi connectivity index (χ0n) is 14.1. The van der Waals surface area contributed by atoms with Crippen molar-refractivity contribution in [2.75, 3.05) is 18.1 Å². The van der Waals surface area contributed by atoms with E-state index < -0.39 is 9.84 Å². The van der Waals surface area contributed by atoms with Crippen molar-refractivity contribution in [1.29, 1.82) is 0 Å². The van der Waals surface area contributed by atoms with Gasteiger partial charge >= 0.3 is 0 Å². The average Bonchev–Trinajstić information content (AvgIpc) is 3.22. The molecule has 0 saturated carbocycles. The van der Waals surface area contributed by atoms with Crippen LogP contribution in [-0.2, 0) is 14.6 Å². The van der Waals surface area contributed by atoms with Crippen molar-refractivity contribution < 1.29 is 18.0 Å². The number of carbonyl (C=O) groups is 2. The lowest BCUT2D eigenvalue weighted by atomic mass is 10.1. The van der Waals surface area contributed by atoms with Crippen molar-refractivity contribution in [1.82, 2.24) is 10.6 Å². The van der Waals surface area contributed by atoms with Gasteiger partial charge in [-0.15, -0.1) is 11.3 Å². The third-order valence-corrected chi connectivity index (χ3v) is 6.87. The maximum absolute atomic E-state index is 12.4. The minimum absolute atomic E-state index is 0.000724. The number of benzene rings is 1. The molecule has 8 heteroatoms. The second kappa shape index (κ2) is 8.01. The van der Waals surface area contributed by atoms with Crippen LogP contribution in [0.15, 0.2) is 41.8 Å². The Labute approximate surface area is 156 Å². The third-order valence-electron chi connectivity index (χ3n) is 4.19. The first kappa shape index (κ1) is 18.6. The molecule has 138 valence electrons. The molecule has 0 bridgehead atoms. The summed E-state index contributed by atoms with van der Waals surface area (Å²) in [6.07, 6.45) is 0.574. The second-order valence-corrected chi connectivity index (χ2v) is 9.35. The van der Waals surface area contributed by atoms with Gasteiger partial charge in [0, 0.05) is 24.6 Å². The molecule has 6 nitrogen and oxygen atoms in total. The summed E-state index contributed by atoms with van der Waals surface area (Å²) in [6, 6.07) is 11.2. The van der Waals surface area contributed by atoms with Gasteiger partial charge in [-0.25, -0.2) is 8.42 Å². The van der Waals surface area contributed by atoms with Crippen LogP contribution in [0.5, 0.6) is 0 Å². The van der Waals surface area contributed by atoms with E-state index in [1.54, 1.807) is 0 Å². The Bertz CT molecular complexity index is 891. The number of carbonyl (C=O) groups excluding carboxylic acids is 2. The molecule has 0 unspecified atom stereocenters. The molecule has 1 aromatic carbocycles. The van der Waals surface area contributed by atoms with Crippen molar-refractivity contribution in [2.24, 2.45) is 0 Å². The zero-order valence-corrected chi connectivity index (χ0v) is 15.7. The van der Waals surface area contributed by atoms with E-state index in [2.05, 4.69) is 10.6 Å². The number of nitrogens with one attached hydrogen (secondary N) is 2. The molecule has 1 aromatic heterocycles. The number of rotatable bonds is 6. The SMILES string of the molecule is O=C(CCNC(=O)c1sccc1-c1ccccc1)N[C@@H]1CCS(=O)(=O)C1. The van der Waals surface area contributed by atoms with E-state index in [9.17, 15) is 18.0 Å². The van der Waals surface area contributed by atoms with Gasteiger partial charge in [0.1, 0.15) is 0 Å². The van der Waals surface area contributed by atoms with Crippen molar-refractivity contribution >= 4 is 33.0 Å². The fourth-order valence-corrected chi connectivity index (χ4v) is 5.41. The molecule has 1 fully saturated rings. The molecule has 2 aromatic rings. The van der Waals surface area contributed by atoms with Crippen LogP contribution in [0, 0.1) is 0 Å². The van der Waals surface area contributed by atoms with Crippen molar-refractivity contribution in [2.45, 2.75) is 18.9 Å². The Kier molecular flexibility index (Phi) is 5.73. The molecule has 2 N–H and O–H groups in total. The summed E-state index contributed by atoms with van der Waals surface area (Å²) in [7, 11) is -3.02. The fourth-order valence-electron chi connectivity index (χ4n) is 2.91. The van der Waals surface area contributed by atoms with Gasteiger partial charge in [0.05, 0.1) is 16.4 Å². The van der Waals surface area contributed by atoms with E-state index in [1.165, 1.54) is 11.3 Å². The summed E-state index contributed by atoms with van der Waals surface area (Å²) in [4.78, 5) is 24.9. The Morgan fingerprint density at radius 3 is 2.62 bits per heavy atom. The highest BCUT2D eigenvalue weighted by atomic mass is 32.2. The molecular formula is C18H20N2O4S2. The quantitative estimate of drug-likeness (QED) is 0.785. The molecule has 1 saturated heterocycles. The van der Waals surface area contributed by atoms with Gasteiger partial charge in [0.2, 0.25) is 5.91 Å². The summed E-state index contributed by atoms with van der Waals surface area (Å²) in [6.45, 7) is 0.205. The summed E-state index contributed by atoms with van der Waals surface area (Å²) in [5, 5.41) is 7.34. The molecule has 0 aliphatic carbocycles. The second-order valence-electron chi connectivity index (χ2n) is 6.20. The maximum Gasteiger partial charge on any atom is 0.262 e. The summed E-state index contributed by atoms with van der Waals surface area (Å²) < 4.78 is 22.8. The first-order chi connectivity index (χ1) is 12.4. The largest absolute Gasteiger partial charge is 0.352 e. The van der Waals surface area contributed by atoms with Crippen molar-refractivity contribution in [3.63, 3.8) is 0 Å². The van der Waals surface area contributed by atoms with E-state index in [1.807, 2.05) is 41.8 Å². The van der Waals surface area contributed by atoms with E-state index >= 15 is 0 Å². The monoisotopic (exact) mass is 392 g/mol. The maximum atomic E-state index is 12.4. The molecule has 0 spiro atoms. The molecule has 1 aliphatic heterocycles. The van der Waals surface area contributed by atoms with Crippen molar-refractivity contribution in [3.05, 3.63) is 46.7 Å². The Hall–Kier alpha value is -2.19. The first-order valence-corrected chi connectivity index (χ1v) is 11.1. The van der Waals surface area contributed by atoms with Crippen LogP contribution in [0.4, 0.5) is 0 Å². The van der Waals surface area contributed by atoms with Gasteiger partial charge in [-0.3, -0.25) is 9.59 Å². The van der Waals surface area contributed by atoms with Crippen LogP contribution < -0.4 is 10.6 Å². The summed E-state index contributed by atoms with van der Waals surface area (Å²) >= 11 is 1.36. The number of thiophene rings is 1. The Morgan fingerprint density at radius 2 is 1.92 bits per heavy atom. The lowest BCUT2D eigenvalue weighted by Crippen LogP contribution is -2.37. The lowest BCUT2D eigenvalue weighted by Gasteiger charge is -2.11. The van der Waals surface area contributed by atoms with Crippen LogP contribution >= 0.6 is 11.3 Å².